The first-order valence-corrected chi connectivity index (χ1v) is 9.17. The number of hydrogen-bond acceptors (Lipinski definition) is 6. The predicted molar refractivity (Wildman–Crippen MR) is 99.4 cm³/mol. The fourth-order valence-corrected chi connectivity index (χ4v) is 4.36. The molecule has 0 amide bonds. The van der Waals surface area contributed by atoms with Crippen LogP contribution in [0.4, 0.5) is 0 Å². The summed E-state index contributed by atoms with van der Waals surface area (Å²) in [4.78, 5) is 15.0. The molecule has 1 aliphatic carbocycles. The van der Waals surface area contributed by atoms with Gasteiger partial charge < -0.3 is 9.64 Å². The van der Waals surface area contributed by atoms with Gasteiger partial charge in [0.05, 0.1) is 36.9 Å². The minimum absolute atomic E-state index is 0.0376. The molecule has 1 aromatic rings. The molecule has 0 unspecified atom stereocenters. The van der Waals surface area contributed by atoms with Gasteiger partial charge in [0.25, 0.3) is 0 Å². The van der Waals surface area contributed by atoms with Crippen LogP contribution in [0.25, 0.3) is 0 Å². The Morgan fingerprint density at radius 3 is 2.39 bits per heavy atom. The molecule has 6 heteroatoms. The lowest BCUT2D eigenvalue weighted by molar-refractivity contribution is -0.124. The molecule has 0 radical (unpaired) electrons. The first-order valence-electron chi connectivity index (χ1n) is 9.17. The van der Waals surface area contributed by atoms with Crippen molar-refractivity contribution in [3.05, 3.63) is 53.8 Å². The molecule has 0 aromatic heterocycles. The number of Topliss-reactive ketones (excluding diaryl/α,β-unsaturated/α-hetero) is 1. The third kappa shape index (κ3) is 2.48. The first kappa shape index (κ1) is 17.8. The zero-order valence-corrected chi connectivity index (χ0v) is 15.4. The minimum atomic E-state index is -1.43. The molecule has 28 heavy (non-hydrogen) atoms. The molecule has 138 valence electrons. The van der Waals surface area contributed by atoms with Crippen molar-refractivity contribution in [2.45, 2.75) is 30.8 Å². The second-order valence-electron chi connectivity index (χ2n) is 7.41. The fourth-order valence-electron chi connectivity index (χ4n) is 4.36. The van der Waals surface area contributed by atoms with E-state index in [1.165, 1.54) is 0 Å². The number of nitriles is 3. The van der Waals surface area contributed by atoms with Crippen molar-refractivity contribution < 1.29 is 9.53 Å². The molecular formula is C22H18N4O2. The van der Waals surface area contributed by atoms with Gasteiger partial charge in [-0.05, 0) is 36.6 Å². The number of rotatable bonds is 4. The molecule has 1 saturated carbocycles. The van der Waals surface area contributed by atoms with E-state index in [2.05, 4.69) is 18.2 Å². The Morgan fingerprint density at radius 2 is 1.86 bits per heavy atom. The summed E-state index contributed by atoms with van der Waals surface area (Å²) in [6.45, 7) is 0. The number of fused-ring (bicyclic) bond motifs is 1. The van der Waals surface area contributed by atoms with Crippen LogP contribution in [0, 0.1) is 45.3 Å². The lowest BCUT2D eigenvalue weighted by atomic mass is 9.69. The molecule has 6 nitrogen and oxygen atoms in total. The van der Waals surface area contributed by atoms with Gasteiger partial charge >= 0.3 is 0 Å². The Labute approximate surface area is 163 Å². The molecule has 3 aliphatic rings. The Bertz CT molecular complexity index is 985. The molecule has 0 N–H and O–H groups in total. The van der Waals surface area contributed by atoms with E-state index < -0.39 is 23.4 Å². The average Bonchev–Trinajstić information content (AvgIpc) is 3.55. The van der Waals surface area contributed by atoms with Gasteiger partial charge in [-0.25, -0.2) is 0 Å². The lowest BCUT2D eigenvalue weighted by Crippen LogP contribution is -2.40. The number of ketones is 1. The highest BCUT2D eigenvalue weighted by Gasteiger charge is 2.63. The maximum Gasteiger partial charge on any atom is 0.176 e. The number of nitrogens with zero attached hydrogens (tertiary/aromatic N) is 4. The van der Waals surface area contributed by atoms with Crippen LogP contribution < -0.4 is 4.74 Å². The number of carbonyl (C=O) groups excluding carboxylic acids is 1. The number of benzene rings is 1. The van der Waals surface area contributed by atoms with Gasteiger partial charge in [-0.1, -0.05) is 18.2 Å². The summed E-state index contributed by atoms with van der Waals surface area (Å²) in [5.74, 6) is 0.0486. The monoisotopic (exact) mass is 370 g/mol. The second-order valence-corrected chi connectivity index (χ2v) is 7.41. The standard InChI is InChI=1S/C22H18N4O2/c1-28-17-7-5-15(6-8-17)19-20(21(27)16-3-4-16)26-11-14(10-23)2-9-18(26)22(19,12-24)13-25/h2,5-9,11,16,18-20H,3-4H2,1H3/t18-,19+,20-/m1/s1. The second kappa shape index (κ2) is 6.55. The van der Waals surface area contributed by atoms with Crippen LogP contribution in [0.5, 0.6) is 5.75 Å². The molecule has 4 rings (SSSR count). The predicted octanol–water partition coefficient (Wildman–Crippen LogP) is 2.82. The molecule has 2 aliphatic heterocycles. The molecule has 0 spiro atoms. The average molecular weight is 370 g/mol. The molecule has 3 atom stereocenters. The van der Waals surface area contributed by atoms with Gasteiger partial charge in [0, 0.05) is 18.0 Å². The van der Waals surface area contributed by atoms with Crippen molar-refractivity contribution in [2.24, 2.45) is 11.3 Å². The van der Waals surface area contributed by atoms with Crippen LogP contribution >= 0.6 is 0 Å². The Kier molecular flexibility index (Phi) is 4.17. The third-order valence-electron chi connectivity index (χ3n) is 5.91. The highest BCUT2D eigenvalue weighted by atomic mass is 16.5. The summed E-state index contributed by atoms with van der Waals surface area (Å²) in [7, 11) is 1.57. The molecule has 1 aromatic carbocycles. The molecule has 1 saturated heterocycles. The van der Waals surface area contributed by atoms with Gasteiger partial charge in [0.15, 0.2) is 11.2 Å². The van der Waals surface area contributed by atoms with E-state index in [0.29, 0.717) is 11.3 Å². The molecular weight excluding hydrogens is 352 g/mol. The van der Waals surface area contributed by atoms with Crippen molar-refractivity contribution in [3.8, 4) is 24.0 Å². The Balaban J connectivity index is 1.90. The number of methoxy groups -OCH3 is 1. The summed E-state index contributed by atoms with van der Waals surface area (Å²) in [5, 5.41) is 29.5. The van der Waals surface area contributed by atoms with Gasteiger partial charge in [0.1, 0.15) is 11.8 Å². The topological polar surface area (TPSA) is 101 Å². The SMILES string of the molecule is COc1ccc([C@H]2[C@H](C(=O)C3CC3)N3C=C(C#N)C=C[C@@H]3C2(C#N)C#N)cc1. The number of allylic oxidation sites excluding steroid dienone is 2. The van der Waals surface area contributed by atoms with Crippen LogP contribution in [0.3, 0.4) is 0 Å². The molecule has 0 bridgehead atoms. The summed E-state index contributed by atoms with van der Waals surface area (Å²) in [6.07, 6.45) is 6.63. The molecule has 2 heterocycles. The third-order valence-corrected chi connectivity index (χ3v) is 5.91. The zero-order valence-electron chi connectivity index (χ0n) is 15.4. The van der Waals surface area contributed by atoms with Gasteiger partial charge in [0.2, 0.25) is 0 Å². The van der Waals surface area contributed by atoms with Gasteiger partial charge in [-0.3, -0.25) is 4.79 Å². The van der Waals surface area contributed by atoms with E-state index in [1.54, 1.807) is 42.5 Å². The first-order chi connectivity index (χ1) is 13.6. The van der Waals surface area contributed by atoms with Crippen molar-refractivity contribution >= 4 is 5.78 Å². The Hall–Kier alpha value is -3.56. The smallest absolute Gasteiger partial charge is 0.176 e. The zero-order chi connectivity index (χ0) is 19.9. The van der Waals surface area contributed by atoms with Crippen molar-refractivity contribution in [1.82, 2.24) is 4.90 Å². The van der Waals surface area contributed by atoms with E-state index in [1.807, 2.05) is 12.1 Å². The number of ether oxygens (including phenoxy) is 1. The largest absolute Gasteiger partial charge is 0.497 e. The minimum Gasteiger partial charge on any atom is -0.497 e. The highest BCUT2D eigenvalue weighted by molar-refractivity contribution is 5.90. The number of carbonyl (C=O) groups is 1. The lowest BCUT2D eigenvalue weighted by Gasteiger charge is -2.30. The van der Waals surface area contributed by atoms with Crippen molar-refractivity contribution in [2.75, 3.05) is 7.11 Å². The summed E-state index contributed by atoms with van der Waals surface area (Å²) >= 11 is 0. The van der Waals surface area contributed by atoms with Crippen LogP contribution in [0.15, 0.2) is 48.2 Å². The van der Waals surface area contributed by atoms with E-state index in [0.717, 1.165) is 18.4 Å². The van der Waals surface area contributed by atoms with E-state index in [-0.39, 0.29) is 11.7 Å². The maximum atomic E-state index is 13.3. The fraction of sp³-hybridized carbons (Fsp3) is 0.364. The summed E-state index contributed by atoms with van der Waals surface area (Å²) in [5.41, 5.74) is -0.278. The van der Waals surface area contributed by atoms with Gasteiger partial charge in [-0.15, -0.1) is 0 Å². The summed E-state index contributed by atoms with van der Waals surface area (Å²) in [6, 6.07) is 12.5. The Morgan fingerprint density at radius 1 is 1.18 bits per heavy atom. The highest BCUT2D eigenvalue weighted by Crippen LogP contribution is 2.54. The maximum absolute atomic E-state index is 13.3. The van der Waals surface area contributed by atoms with E-state index >= 15 is 0 Å². The van der Waals surface area contributed by atoms with E-state index in [4.69, 9.17) is 4.74 Å². The van der Waals surface area contributed by atoms with Gasteiger partial charge in [-0.2, -0.15) is 15.8 Å². The quantitative estimate of drug-likeness (QED) is 0.808. The normalized spacial score (nSPS) is 27.0. The van der Waals surface area contributed by atoms with E-state index in [9.17, 15) is 20.6 Å². The van der Waals surface area contributed by atoms with Crippen LogP contribution in [-0.4, -0.2) is 29.9 Å². The van der Waals surface area contributed by atoms with Crippen LogP contribution in [-0.2, 0) is 4.79 Å². The van der Waals surface area contributed by atoms with Crippen molar-refractivity contribution in [1.29, 1.82) is 15.8 Å². The van der Waals surface area contributed by atoms with Crippen LogP contribution in [0.1, 0.15) is 24.3 Å². The summed E-state index contributed by atoms with van der Waals surface area (Å²) < 4.78 is 5.22. The number of hydrogen-bond donors (Lipinski definition) is 0. The van der Waals surface area contributed by atoms with Crippen LogP contribution in [0.2, 0.25) is 0 Å². The molecule has 2 fully saturated rings. The van der Waals surface area contributed by atoms with Crippen molar-refractivity contribution in [3.63, 3.8) is 0 Å².